The molecule has 3 amide bonds. The maximum absolute atomic E-state index is 13.9. The molecule has 2 fully saturated rings. The standard InChI is InChI=1S/C25H26N2O6/c1-5-32-22(28)20-18-13-33-19-11-6-14(2)12-17(19)21(18)27-24(30)26(23(29)25(20,27)3)15-7-9-16(31-4)10-8-15/h6-12,18,20-21H,5,13H2,1-4H3/t18-,20+,21+,25+/m1/s1. The van der Waals surface area contributed by atoms with Gasteiger partial charge in [-0.3, -0.25) is 9.59 Å². The van der Waals surface area contributed by atoms with Crippen molar-refractivity contribution < 1.29 is 28.6 Å². The maximum Gasteiger partial charge on any atom is 0.332 e. The minimum Gasteiger partial charge on any atom is -0.497 e. The fourth-order valence-electron chi connectivity index (χ4n) is 5.57. The van der Waals surface area contributed by atoms with E-state index in [0.717, 1.165) is 16.0 Å². The van der Waals surface area contributed by atoms with Gasteiger partial charge in [0.1, 0.15) is 17.0 Å². The van der Waals surface area contributed by atoms with Gasteiger partial charge in [0.15, 0.2) is 0 Å². The first-order valence-electron chi connectivity index (χ1n) is 11.0. The Morgan fingerprint density at radius 1 is 1.18 bits per heavy atom. The van der Waals surface area contributed by atoms with Crippen LogP contribution in [-0.4, -0.2) is 48.7 Å². The second-order valence-electron chi connectivity index (χ2n) is 8.83. The van der Waals surface area contributed by atoms with Crippen molar-refractivity contribution in [3.05, 3.63) is 53.6 Å². The Labute approximate surface area is 192 Å². The minimum atomic E-state index is -1.40. The number of carbonyl (C=O) groups is 3. The molecule has 3 aliphatic rings. The number of nitrogens with zero attached hydrogens (tertiary/aromatic N) is 2. The summed E-state index contributed by atoms with van der Waals surface area (Å²) in [5, 5.41) is 0. The van der Waals surface area contributed by atoms with Gasteiger partial charge in [-0.25, -0.2) is 9.69 Å². The lowest BCUT2D eigenvalue weighted by Gasteiger charge is -2.34. The molecule has 8 nitrogen and oxygen atoms in total. The Kier molecular flexibility index (Phi) is 4.84. The number of imide groups is 1. The van der Waals surface area contributed by atoms with Gasteiger partial charge in [-0.15, -0.1) is 0 Å². The van der Waals surface area contributed by atoms with Crippen LogP contribution in [0.5, 0.6) is 11.5 Å². The van der Waals surface area contributed by atoms with Crippen molar-refractivity contribution in [1.82, 2.24) is 4.90 Å². The molecule has 5 rings (SSSR count). The van der Waals surface area contributed by atoms with Gasteiger partial charge in [0, 0.05) is 11.5 Å². The average Bonchev–Trinajstić information content (AvgIpc) is 3.19. The number of amides is 3. The van der Waals surface area contributed by atoms with Crippen LogP contribution in [0.4, 0.5) is 10.5 Å². The van der Waals surface area contributed by atoms with Crippen LogP contribution in [0.15, 0.2) is 42.5 Å². The molecule has 4 atom stereocenters. The molecule has 0 unspecified atom stereocenters. The number of rotatable bonds is 4. The van der Waals surface area contributed by atoms with E-state index in [-0.39, 0.29) is 13.2 Å². The summed E-state index contributed by atoms with van der Waals surface area (Å²) in [6.45, 7) is 5.77. The van der Waals surface area contributed by atoms with Gasteiger partial charge in [0.25, 0.3) is 5.91 Å². The first-order chi connectivity index (χ1) is 15.8. The Balaban J connectivity index is 1.66. The van der Waals surface area contributed by atoms with Crippen LogP contribution in [0.1, 0.15) is 31.0 Å². The van der Waals surface area contributed by atoms with Crippen molar-refractivity contribution in [1.29, 1.82) is 0 Å². The highest BCUT2D eigenvalue weighted by molar-refractivity contribution is 6.24. The van der Waals surface area contributed by atoms with Gasteiger partial charge in [-0.05, 0) is 51.1 Å². The highest BCUT2D eigenvalue weighted by atomic mass is 16.5. The number of urea groups is 1. The first-order valence-corrected chi connectivity index (χ1v) is 11.0. The molecule has 3 heterocycles. The summed E-state index contributed by atoms with van der Waals surface area (Å²) in [6, 6.07) is 11.6. The van der Waals surface area contributed by atoms with E-state index in [4.69, 9.17) is 14.2 Å². The summed E-state index contributed by atoms with van der Waals surface area (Å²) in [5.74, 6) is -0.904. The number of carbonyl (C=O) groups excluding carboxylic acids is 3. The van der Waals surface area contributed by atoms with Crippen molar-refractivity contribution in [2.45, 2.75) is 32.4 Å². The average molecular weight is 450 g/mol. The monoisotopic (exact) mass is 450 g/mol. The third kappa shape index (κ3) is 2.86. The molecule has 0 aromatic heterocycles. The molecule has 2 aromatic carbocycles. The molecule has 0 aliphatic carbocycles. The SMILES string of the molecule is CCOC(=O)[C@@H]1[C@H]2COc3ccc(C)cc3[C@@H]2N2C(=O)N(c3ccc(OC)cc3)C(=O)[C@]12C. The molecule has 0 bridgehead atoms. The lowest BCUT2D eigenvalue weighted by atomic mass is 9.77. The quantitative estimate of drug-likeness (QED) is 0.524. The number of esters is 1. The third-order valence-corrected chi connectivity index (χ3v) is 7.04. The summed E-state index contributed by atoms with van der Waals surface area (Å²) in [6.07, 6.45) is 0. The van der Waals surface area contributed by atoms with E-state index in [1.165, 1.54) is 0 Å². The Morgan fingerprint density at radius 2 is 1.91 bits per heavy atom. The molecular weight excluding hydrogens is 424 g/mol. The van der Waals surface area contributed by atoms with E-state index in [1.54, 1.807) is 50.1 Å². The summed E-state index contributed by atoms with van der Waals surface area (Å²) in [4.78, 5) is 43.7. The largest absolute Gasteiger partial charge is 0.497 e. The molecule has 172 valence electrons. The van der Waals surface area contributed by atoms with E-state index in [1.807, 2.05) is 25.1 Å². The second kappa shape index (κ2) is 7.50. The Hall–Kier alpha value is -3.55. The summed E-state index contributed by atoms with van der Waals surface area (Å²) in [7, 11) is 1.55. The number of fused-ring (bicyclic) bond motifs is 5. The van der Waals surface area contributed by atoms with Gasteiger partial charge in [-0.1, -0.05) is 17.7 Å². The van der Waals surface area contributed by atoms with Crippen LogP contribution < -0.4 is 14.4 Å². The first kappa shape index (κ1) is 21.3. The van der Waals surface area contributed by atoms with Gasteiger partial charge in [0.2, 0.25) is 0 Å². The fraction of sp³-hybridized carbons (Fsp3) is 0.400. The highest BCUT2D eigenvalue weighted by Gasteiger charge is 2.72. The van der Waals surface area contributed by atoms with Crippen molar-refractivity contribution in [3.8, 4) is 11.5 Å². The number of benzene rings is 2. The molecule has 3 aliphatic heterocycles. The number of aryl methyl sites for hydroxylation is 1. The van der Waals surface area contributed by atoms with Crippen LogP contribution in [0.2, 0.25) is 0 Å². The molecule has 0 N–H and O–H groups in total. The van der Waals surface area contributed by atoms with Crippen molar-refractivity contribution in [2.75, 3.05) is 25.2 Å². The zero-order valence-electron chi connectivity index (χ0n) is 19.0. The molecule has 0 spiro atoms. The molecule has 2 saturated heterocycles. The van der Waals surface area contributed by atoms with Crippen LogP contribution in [0, 0.1) is 18.8 Å². The highest BCUT2D eigenvalue weighted by Crippen LogP contribution is 2.58. The molecule has 0 saturated carbocycles. The molecule has 2 aromatic rings. The summed E-state index contributed by atoms with van der Waals surface area (Å²) >= 11 is 0. The number of hydrogen-bond acceptors (Lipinski definition) is 6. The van der Waals surface area contributed by atoms with Crippen LogP contribution in [0.25, 0.3) is 0 Å². The zero-order chi connectivity index (χ0) is 23.5. The van der Waals surface area contributed by atoms with E-state index < -0.39 is 41.3 Å². The Bertz CT molecular complexity index is 1150. The van der Waals surface area contributed by atoms with Crippen LogP contribution in [0.3, 0.4) is 0 Å². The predicted molar refractivity (Wildman–Crippen MR) is 119 cm³/mol. The van der Waals surface area contributed by atoms with Gasteiger partial charge in [0.05, 0.1) is 38.0 Å². The third-order valence-electron chi connectivity index (χ3n) is 7.04. The van der Waals surface area contributed by atoms with E-state index in [9.17, 15) is 14.4 Å². The van der Waals surface area contributed by atoms with Gasteiger partial charge < -0.3 is 19.1 Å². The molecular formula is C25H26N2O6. The molecule has 33 heavy (non-hydrogen) atoms. The zero-order valence-corrected chi connectivity index (χ0v) is 19.0. The summed E-state index contributed by atoms with van der Waals surface area (Å²) in [5.41, 5.74) is 0.844. The number of methoxy groups -OCH3 is 1. The van der Waals surface area contributed by atoms with E-state index in [2.05, 4.69) is 0 Å². The number of anilines is 1. The second-order valence-corrected chi connectivity index (χ2v) is 8.83. The van der Waals surface area contributed by atoms with Crippen molar-refractivity contribution in [2.24, 2.45) is 11.8 Å². The van der Waals surface area contributed by atoms with Gasteiger partial charge >= 0.3 is 12.0 Å². The van der Waals surface area contributed by atoms with E-state index >= 15 is 0 Å². The normalized spacial score (nSPS) is 27.6. The van der Waals surface area contributed by atoms with E-state index in [0.29, 0.717) is 17.2 Å². The summed E-state index contributed by atoms with van der Waals surface area (Å²) < 4.78 is 16.6. The fourth-order valence-corrected chi connectivity index (χ4v) is 5.57. The van der Waals surface area contributed by atoms with Crippen molar-refractivity contribution >= 4 is 23.6 Å². The molecule has 8 heteroatoms. The lowest BCUT2D eigenvalue weighted by molar-refractivity contribution is -0.154. The number of ether oxygens (including phenoxy) is 3. The smallest absolute Gasteiger partial charge is 0.332 e. The van der Waals surface area contributed by atoms with Gasteiger partial charge in [-0.2, -0.15) is 0 Å². The predicted octanol–water partition coefficient (Wildman–Crippen LogP) is 3.47. The molecule has 0 radical (unpaired) electrons. The van der Waals surface area contributed by atoms with Crippen LogP contribution >= 0.6 is 0 Å². The maximum atomic E-state index is 13.9. The topological polar surface area (TPSA) is 85.4 Å². The minimum absolute atomic E-state index is 0.184. The van der Waals surface area contributed by atoms with Crippen molar-refractivity contribution in [3.63, 3.8) is 0 Å². The lowest BCUT2D eigenvalue weighted by Crippen LogP contribution is -2.51. The van der Waals surface area contributed by atoms with Crippen LogP contribution in [-0.2, 0) is 14.3 Å². The Morgan fingerprint density at radius 3 is 2.58 bits per heavy atom. The number of hydrogen-bond donors (Lipinski definition) is 0.